The molecule has 0 bridgehead atoms. The molecule has 112 valence electrons. The van der Waals surface area contributed by atoms with E-state index in [9.17, 15) is 13.5 Å². The number of ether oxygens (including phenoxy) is 1. The van der Waals surface area contributed by atoms with E-state index in [1.807, 2.05) is 0 Å². The number of morpholine rings is 1. The van der Waals surface area contributed by atoms with E-state index in [2.05, 4.69) is 0 Å². The highest BCUT2D eigenvalue weighted by atomic mass is 32.2. The number of benzene rings is 1. The first kappa shape index (κ1) is 15.2. The predicted molar refractivity (Wildman–Crippen MR) is 75.8 cm³/mol. The van der Waals surface area contributed by atoms with Crippen molar-refractivity contribution in [2.45, 2.75) is 31.0 Å². The molecule has 0 aromatic heterocycles. The Morgan fingerprint density at radius 2 is 2.15 bits per heavy atom. The highest BCUT2D eigenvalue weighted by molar-refractivity contribution is 7.89. The number of nitrogens with zero attached hydrogens (tertiary/aromatic N) is 1. The van der Waals surface area contributed by atoms with Gasteiger partial charge in [0.1, 0.15) is 0 Å². The Balaban J connectivity index is 2.37. The van der Waals surface area contributed by atoms with E-state index < -0.39 is 16.1 Å². The van der Waals surface area contributed by atoms with Crippen molar-refractivity contribution in [1.82, 2.24) is 4.31 Å². The molecule has 2 unspecified atom stereocenters. The number of hydrogen-bond acceptors (Lipinski definition) is 5. The van der Waals surface area contributed by atoms with Gasteiger partial charge in [0.25, 0.3) is 0 Å². The lowest BCUT2D eigenvalue weighted by Crippen LogP contribution is -2.50. The van der Waals surface area contributed by atoms with E-state index in [0.717, 1.165) is 0 Å². The molecule has 1 aliphatic rings. The standard InChI is InChI=1S/C13H20N2O4S/c1-9-6-15(7-11(8-16)19-9)20(17,18)13-5-3-4-12(14)10(13)2/h3-5,9,11,16H,6-8,14H2,1-2H3. The SMILES string of the molecule is Cc1c(N)cccc1S(=O)(=O)N1CC(C)OC(CO)C1. The van der Waals surface area contributed by atoms with Crippen molar-refractivity contribution in [3.05, 3.63) is 23.8 Å². The smallest absolute Gasteiger partial charge is 0.243 e. The molecule has 3 N–H and O–H groups in total. The zero-order valence-corrected chi connectivity index (χ0v) is 12.4. The van der Waals surface area contributed by atoms with Gasteiger partial charge in [0, 0.05) is 18.8 Å². The van der Waals surface area contributed by atoms with Gasteiger partial charge in [-0.05, 0) is 31.5 Å². The Morgan fingerprint density at radius 1 is 1.45 bits per heavy atom. The molecule has 6 nitrogen and oxygen atoms in total. The van der Waals surface area contributed by atoms with Crippen LogP contribution in [0.15, 0.2) is 23.1 Å². The van der Waals surface area contributed by atoms with Crippen molar-refractivity contribution in [1.29, 1.82) is 0 Å². The van der Waals surface area contributed by atoms with E-state index in [1.54, 1.807) is 32.0 Å². The molecule has 1 heterocycles. The quantitative estimate of drug-likeness (QED) is 0.786. The molecule has 7 heteroatoms. The number of aliphatic hydroxyl groups excluding tert-OH is 1. The van der Waals surface area contributed by atoms with E-state index in [1.165, 1.54) is 4.31 Å². The third-order valence-electron chi connectivity index (χ3n) is 3.44. The first-order valence-corrected chi connectivity index (χ1v) is 7.91. The van der Waals surface area contributed by atoms with Gasteiger partial charge in [0.15, 0.2) is 0 Å². The average Bonchev–Trinajstić information content (AvgIpc) is 2.40. The second kappa shape index (κ2) is 5.69. The third-order valence-corrected chi connectivity index (χ3v) is 5.42. The molecule has 1 fully saturated rings. The maximum absolute atomic E-state index is 12.7. The number of hydrogen-bond donors (Lipinski definition) is 2. The molecule has 0 amide bonds. The fourth-order valence-corrected chi connectivity index (χ4v) is 4.15. The maximum Gasteiger partial charge on any atom is 0.243 e. The molecule has 1 saturated heterocycles. The van der Waals surface area contributed by atoms with Gasteiger partial charge in [-0.2, -0.15) is 4.31 Å². The number of anilines is 1. The van der Waals surface area contributed by atoms with Crippen LogP contribution in [0.2, 0.25) is 0 Å². The van der Waals surface area contributed by atoms with Crippen LogP contribution in [0, 0.1) is 6.92 Å². The van der Waals surface area contributed by atoms with Crippen molar-refractivity contribution >= 4 is 15.7 Å². The lowest BCUT2D eigenvalue weighted by atomic mass is 10.2. The molecule has 1 aliphatic heterocycles. The first-order chi connectivity index (χ1) is 9.36. The largest absolute Gasteiger partial charge is 0.398 e. The summed E-state index contributed by atoms with van der Waals surface area (Å²) in [5.74, 6) is 0. The zero-order valence-electron chi connectivity index (χ0n) is 11.6. The van der Waals surface area contributed by atoms with Crippen LogP contribution < -0.4 is 5.73 Å². The lowest BCUT2D eigenvalue weighted by Gasteiger charge is -2.35. The topological polar surface area (TPSA) is 92.9 Å². The van der Waals surface area contributed by atoms with Crippen LogP contribution in [0.4, 0.5) is 5.69 Å². The van der Waals surface area contributed by atoms with E-state index in [0.29, 0.717) is 11.3 Å². The molecular formula is C13H20N2O4S. The summed E-state index contributed by atoms with van der Waals surface area (Å²) in [6.45, 7) is 3.70. The summed E-state index contributed by atoms with van der Waals surface area (Å²) in [5, 5.41) is 9.20. The summed E-state index contributed by atoms with van der Waals surface area (Å²) < 4.78 is 32.2. The van der Waals surface area contributed by atoms with Crippen molar-refractivity contribution in [2.75, 3.05) is 25.4 Å². The van der Waals surface area contributed by atoms with Crippen LogP contribution in [-0.2, 0) is 14.8 Å². The van der Waals surface area contributed by atoms with Crippen molar-refractivity contribution in [3.63, 3.8) is 0 Å². The Hall–Kier alpha value is -1.15. The van der Waals surface area contributed by atoms with Gasteiger partial charge >= 0.3 is 0 Å². The van der Waals surface area contributed by atoms with E-state index in [4.69, 9.17) is 10.5 Å². The van der Waals surface area contributed by atoms with Crippen LogP contribution in [0.3, 0.4) is 0 Å². The second-order valence-electron chi connectivity index (χ2n) is 5.04. The van der Waals surface area contributed by atoms with Gasteiger partial charge in [-0.25, -0.2) is 8.42 Å². The zero-order chi connectivity index (χ0) is 14.9. The maximum atomic E-state index is 12.7. The Morgan fingerprint density at radius 3 is 2.80 bits per heavy atom. The fraction of sp³-hybridized carbons (Fsp3) is 0.538. The minimum atomic E-state index is -3.63. The summed E-state index contributed by atoms with van der Waals surface area (Å²) in [4.78, 5) is 0.211. The molecule has 0 aliphatic carbocycles. The number of aliphatic hydroxyl groups is 1. The summed E-state index contributed by atoms with van der Waals surface area (Å²) in [6.07, 6.45) is -0.744. The lowest BCUT2D eigenvalue weighted by molar-refractivity contribution is -0.0750. The summed E-state index contributed by atoms with van der Waals surface area (Å²) >= 11 is 0. The summed E-state index contributed by atoms with van der Waals surface area (Å²) in [5.41, 5.74) is 6.78. The fourth-order valence-electron chi connectivity index (χ4n) is 2.35. The van der Waals surface area contributed by atoms with E-state index >= 15 is 0 Å². The molecular weight excluding hydrogens is 280 g/mol. The minimum Gasteiger partial charge on any atom is -0.398 e. The molecule has 1 aromatic carbocycles. The predicted octanol–water partition coefficient (Wildman–Crippen LogP) is 0.348. The number of nitrogens with two attached hydrogens (primary N) is 1. The highest BCUT2D eigenvalue weighted by Crippen LogP contribution is 2.26. The highest BCUT2D eigenvalue weighted by Gasteiger charge is 2.34. The Bertz CT molecular complexity index is 588. The minimum absolute atomic E-state index is 0.150. The molecule has 1 aromatic rings. The van der Waals surface area contributed by atoms with Crippen LogP contribution in [0.5, 0.6) is 0 Å². The van der Waals surface area contributed by atoms with Crippen LogP contribution in [0.25, 0.3) is 0 Å². The number of nitrogen functional groups attached to an aromatic ring is 1. The molecule has 0 spiro atoms. The Kier molecular flexibility index (Phi) is 4.33. The van der Waals surface area contributed by atoms with Crippen LogP contribution >= 0.6 is 0 Å². The van der Waals surface area contributed by atoms with Gasteiger partial charge in [-0.15, -0.1) is 0 Å². The van der Waals surface area contributed by atoms with Crippen molar-refractivity contribution in [3.8, 4) is 0 Å². The van der Waals surface area contributed by atoms with Crippen molar-refractivity contribution in [2.24, 2.45) is 0 Å². The normalized spacial score (nSPS) is 24.8. The summed E-state index contributed by atoms with van der Waals surface area (Å²) in [6, 6.07) is 4.85. The first-order valence-electron chi connectivity index (χ1n) is 6.47. The molecule has 0 saturated carbocycles. The van der Waals surface area contributed by atoms with Gasteiger partial charge in [0.05, 0.1) is 23.7 Å². The number of rotatable bonds is 3. The summed E-state index contributed by atoms with van der Waals surface area (Å²) in [7, 11) is -3.63. The molecule has 0 radical (unpaired) electrons. The van der Waals surface area contributed by atoms with Gasteiger partial charge in [0.2, 0.25) is 10.0 Å². The van der Waals surface area contributed by atoms with Gasteiger partial charge in [-0.3, -0.25) is 0 Å². The van der Waals surface area contributed by atoms with Gasteiger partial charge < -0.3 is 15.6 Å². The Labute approximate surface area is 119 Å². The van der Waals surface area contributed by atoms with Crippen LogP contribution in [-0.4, -0.2) is 49.7 Å². The molecule has 2 rings (SSSR count). The second-order valence-corrected chi connectivity index (χ2v) is 6.95. The van der Waals surface area contributed by atoms with Crippen LogP contribution in [0.1, 0.15) is 12.5 Å². The third kappa shape index (κ3) is 2.80. The average molecular weight is 300 g/mol. The number of sulfonamides is 1. The monoisotopic (exact) mass is 300 g/mol. The van der Waals surface area contributed by atoms with E-state index in [-0.39, 0.29) is 30.7 Å². The van der Waals surface area contributed by atoms with Crippen molar-refractivity contribution < 1.29 is 18.3 Å². The molecule has 20 heavy (non-hydrogen) atoms. The molecule has 2 atom stereocenters. The van der Waals surface area contributed by atoms with Gasteiger partial charge in [-0.1, -0.05) is 6.07 Å².